The number of likely N-dealkylation sites (N-methyl/N-ethyl adjacent to an activating group) is 1. The fourth-order valence-corrected chi connectivity index (χ4v) is 3.17. The molecule has 0 saturated carbocycles. The maximum Gasteiger partial charge on any atom is 0.293 e. The summed E-state index contributed by atoms with van der Waals surface area (Å²) >= 11 is 0. The monoisotopic (exact) mass is 357 g/mol. The van der Waals surface area contributed by atoms with E-state index in [1.807, 2.05) is 0 Å². The number of primary sulfonamides is 1. The Morgan fingerprint density at radius 1 is 1.33 bits per heavy atom. The molecule has 1 aromatic carbocycles. The zero-order chi connectivity index (χ0) is 17.9. The van der Waals surface area contributed by atoms with E-state index in [1.54, 1.807) is 0 Å². The summed E-state index contributed by atoms with van der Waals surface area (Å²) in [5, 5.41) is 19.3. The van der Waals surface area contributed by atoms with Crippen LogP contribution in [0, 0.1) is 10.1 Å². The molecule has 1 atom stereocenters. The van der Waals surface area contributed by atoms with Crippen LogP contribution in [-0.4, -0.2) is 69.0 Å². The standard InChI is InChI=1S/C14H23N5O4S/c1-11(18-7-5-17(2)6-8-18)10-16-13-4-3-12(24(15,22)23)9-14(13)19(20)21/h3-4,9,11,16H,5-8,10H2,1-2H3,(H2,15,22,23). The van der Waals surface area contributed by atoms with Crippen molar-refractivity contribution in [1.29, 1.82) is 0 Å². The number of nitro benzene ring substituents is 1. The first-order chi connectivity index (χ1) is 11.2. The molecule has 24 heavy (non-hydrogen) atoms. The summed E-state index contributed by atoms with van der Waals surface area (Å²) in [6, 6.07) is 3.84. The van der Waals surface area contributed by atoms with Crippen molar-refractivity contribution < 1.29 is 13.3 Å². The number of nitrogens with two attached hydrogens (primary N) is 1. The minimum absolute atomic E-state index is 0.205. The minimum Gasteiger partial charge on any atom is -0.378 e. The number of anilines is 1. The Bertz CT molecular complexity index is 701. The molecule has 1 aliphatic heterocycles. The maximum atomic E-state index is 11.3. The quantitative estimate of drug-likeness (QED) is 0.554. The van der Waals surface area contributed by atoms with Gasteiger partial charge in [0.2, 0.25) is 10.0 Å². The first-order valence-electron chi connectivity index (χ1n) is 7.66. The maximum absolute atomic E-state index is 11.3. The van der Waals surface area contributed by atoms with Crippen molar-refractivity contribution in [2.75, 3.05) is 45.1 Å². The smallest absolute Gasteiger partial charge is 0.293 e. The zero-order valence-corrected chi connectivity index (χ0v) is 14.6. The van der Waals surface area contributed by atoms with Gasteiger partial charge >= 0.3 is 0 Å². The Balaban J connectivity index is 2.07. The van der Waals surface area contributed by atoms with Gasteiger partial charge in [-0.2, -0.15) is 0 Å². The second kappa shape index (κ2) is 7.43. The first-order valence-corrected chi connectivity index (χ1v) is 9.21. The van der Waals surface area contributed by atoms with E-state index in [-0.39, 0.29) is 22.3 Å². The molecule has 1 heterocycles. The minimum atomic E-state index is -3.97. The SMILES string of the molecule is CC(CNc1ccc(S(N)(=O)=O)cc1[N+](=O)[O-])N1CCN(C)CC1. The molecule has 9 nitrogen and oxygen atoms in total. The Labute approximate surface area is 141 Å². The van der Waals surface area contributed by atoms with Crippen LogP contribution in [0.25, 0.3) is 0 Å². The molecule has 1 fully saturated rings. The van der Waals surface area contributed by atoms with Gasteiger partial charge in [-0.15, -0.1) is 0 Å². The number of rotatable bonds is 6. The van der Waals surface area contributed by atoms with Crippen molar-refractivity contribution in [1.82, 2.24) is 9.80 Å². The molecular weight excluding hydrogens is 334 g/mol. The summed E-state index contributed by atoms with van der Waals surface area (Å²) in [6.45, 7) is 6.47. The molecule has 0 aliphatic carbocycles. The van der Waals surface area contributed by atoms with Crippen LogP contribution in [0.15, 0.2) is 23.1 Å². The molecular formula is C14H23N5O4S. The number of nitrogens with zero attached hydrogens (tertiary/aromatic N) is 3. The third-order valence-corrected chi connectivity index (χ3v) is 5.15. The molecule has 1 aromatic rings. The summed E-state index contributed by atoms with van der Waals surface area (Å²) in [5.41, 5.74) is -0.0134. The highest BCUT2D eigenvalue weighted by Crippen LogP contribution is 2.27. The summed E-state index contributed by atoms with van der Waals surface area (Å²) in [4.78, 5) is 14.9. The molecule has 0 spiro atoms. The van der Waals surface area contributed by atoms with Crippen molar-refractivity contribution in [3.63, 3.8) is 0 Å². The van der Waals surface area contributed by atoms with E-state index in [0.717, 1.165) is 32.2 Å². The molecule has 0 aromatic heterocycles. The average molecular weight is 357 g/mol. The Hall–Kier alpha value is -1.75. The molecule has 2 rings (SSSR count). The molecule has 0 bridgehead atoms. The van der Waals surface area contributed by atoms with Gasteiger partial charge in [0, 0.05) is 44.8 Å². The van der Waals surface area contributed by atoms with Gasteiger partial charge in [-0.05, 0) is 26.1 Å². The molecule has 1 aliphatic rings. The summed E-state index contributed by atoms with van der Waals surface area (Å²) in [6.07, 6.45) is 0. The Morgan fingerprint density at radius 3 is 2.50 bits per heavy atom. The number of nitro groups is 1. The largest absolute Gasteiger partial charge is 0.378 e. The summed E-state index contributed by atoms with van der Waals surface area (Å²) in [5.74, 6) is 0. The van der Waals surface area contributed by atoms with Crippen LogP contribution < -0.4 is 10.5 Å². The summed E-state index contributed by atoms with van der Waals surface area (Å²) < 4.78 is 22.7. The highest BCUT2D eigenvalue weighted by Gasteiger charge is 2.22. The van der Waals surface area contributed by atoms with Crippen molar-refractivity contribution >= 4 is 21.4 Å². The van der Waals surface area contributed by atoms with Gasteiger partial charge in [0.15, 0.2) is 0 Å². The van der Waals surface area contributed by atoms with E-state index in [2.05, 4.69) is 29.1 Å². The summed E-state index contributed by atoms with van der Waals surface area (Å²) in [7, 11) is -1.89. The topological polar surface area (TPSA) is 122 Å². The van der Waals surface area contributed by atoms with Crippen LogP contribution in [0.3, 0.4) is 0 Å². The molecule has 0 amide bonds. The first kappa shape index (κ1) is 18.6. The number of sulfonamides is 1. The second-order valence-corrected chi connectivity index (χ2v) is 7.61. The van der Waals surface area contributed by atoms with E-state index in [1.165, 1.54) is 12.1 Å². The fraction of sp³-hybridized carbons (Fsp3) is 0.571. The van der Waals surface area contributed by atoms with E-state index in [9.17, 15) is 18.5 Å². The van der Waals surface area contributed by atoms with Crippen molar-refractivity contribution in [3.8, 4) is 0 Å². The number of hydrogen-bond donors (Lipinski definition) is 2. The number of benzene rings is 1. The van der Waals surface area contributed by atoms with Crippen LogP contribution in [0.5, 0.6) is 0 Å². The second-order valence-electron chi connectivity index (χ2n) is 6.05. The zero-order valence-electron chi connectivity index (χ0n) is 13.8. The molecule has 1 unspecified atom stereocenters. The third kappa shape index (κ3) is 4.63. The normalized spacial score (nSPS) is 18.3. The van der Waals surface area contributed by atoms with Crippen molar-refractivity contribution in [3.05, 3.63) is 28.3 Å². The van der Waals surface area contributed by atoms with Gasteiger partial charge in [-0.3, -0.25) is 15.0 Å². The van der Waals surface area contributed by atoms with Gasteiger partial charge in [0.25, 0.3) is 5.69 Å². The van der Waals surface area contributed by atoms with E-state index < -0.39 is 14.9 Å². The molecule has 3 N–H and O–H groups in total. The van der Waals surface area contributed by atoms with Crippen LogP contribution in [0.1, 0.15) is 6.92 Å². The molecule has 1 saturated heterocycles. The van der Waals surface area contributed by atoms with Crippen LogP contribution >= 0.6 is 0 Å². The van der Waals surface area contributed by atoms with Gasteiger partial charge in [0.05, 0.1) is 9.82 Å². The lowest BCUT2D eigenvalue weighted by Gasteiger charge is -2.36. The predicted octanol–water partition coefficient (Wildman–Crippen LogP) is 0.290. The lowest BCUT2D eigenvalue weighted by atomic mass is 10.2. The molecule has 0 radical (unpaired) electrons. The van der Waals surface area contributed by atoms with Crippen LogP contribution in [-0.2, 0) is 10.0 Å². The lowest BCUT2D eigenvalue weighted by molar-refractivity contribution is -0.384. The number of nitrogens with one attached hydrogen (secondary N) is 1. The van der Waals surface area contributed by atoms with E-state index >= 15 is 0 Å². The van der Waals surface area contributed by atoms with Gasteiger partial charge in [-0.25, -0.2) is 13.6 Å². The van der Waals surface area contributed by atoms with Gasteiger partial charge < -0.3 is 10.2 Å². The molecule has 10 heteroatoms. The molecule has 134 valence electrons. The van der Waals surface area contributed by atoms with Crippen molar-refractivity contribution in [2.24, 2.45) is 5.14 Å². The van der Waals surface area contributed by atoms with E-state index in [4.69, 9.17) is 5.14 Å². The van der Waals surface area contributed by atoms with Crippen LogP contribution in [0.2, 0.25) is 0 Å². The number of piperazine rings is 1. The highest BCUT2D eigenvalue weighted by atomic mass is 32.2. The van der Waals surface area contributed by atoms with Crippen molar-refractivity contribution in [2.45, 2.75) is 17.9 Å². The van der Waals surface area contributed by atoms with Gasteiger partial charge in [-0.1, -0.05) is 0 Å². The number of hydrogen-bond acceptors (Lipinski definition) is 7. The average Bonchev–Trinajstić information content (AvgIpc) is 2.52. The Kier molecular flexibility index (Phi) is 5.75. The van der Waals surface area contributed by atoms with Crippen LogP contribution in [0.4, 0.5) is 11.4 Å². The predicted molar refractivity (Wildman–Crippen MR) is 91.5 cm³/mol. The third-order valence-electron chi connectivity index (χ3n) is 4.24. The fourth-order valence-electron chi connectivity index (χ4n) is 2.64. The highest BCUT2D eigenvalue weighted by molar-refractivity contribution is 7.89. The lowest BCUT2D eigenvalue weighted by Crippen LogP contribution is -2.49. The Morgan fingerprint density at radius 2 is 1.96 bits per heavy atom. The van der Waals surface area contributed by atoms with Gasteiger partial charge in [0.1, 0.15) is 5.69 Å². The van der Waals surface area contributed by atoms with E-state index in [0.29, 0.717) is 6.54 Å².